The van der Waals surface area contributed by atoms with E-state index < -0.39 is 0 Å². The Morgan fingerprint density at radius 2 is 2.23 bits per heavy atom. The van der Waals surface area contributed by atoms with E-state index in [4.69, 9.17) is 9.15 Å². The van der Waals surface area contributed by atoms with E-state index in [0.29, 0.717) is 30.5 Å². The lowest BCUT2D eigenvalue weighted by atomic mass is 10.0. The molecule has 7 heteroatoms. The first-order valence-electron chi connectivity index (χ1n) is 7.21. The monoisotopic (exact) mass is 302 g/mol. The van der Waals surface area contributed by atoms with Gasteiger partial charge in [0.2, 0.25) is 11.8 Å². The highest BCUT2D eigenvalue weighted by Crippen LogP contribution is 2.17. The zero-order chi connectivity index (χ0) is 15.4. The van der Waals surface area contributed by atoms with E-state index >= 15 is 0 Å². The number of methoxy groups -OCH3 is 1. The molecule has 0 atom stereocenters. The highest BCUT2D eigenvalue weighted by atomic mass is 16.5. The number of piperidine rings is 1. The number of carbonyl (C=O) groups excluding carboxylic acids is 1. The van der Waals surface area contributed by atoms with Crippen molar-refractivity contribution in [3.05, 3.63) is 36.4 Å². The van der Waals surface area contributed by atoms with Gasteiger partial charge in [-0.2, -0.15) is 4.98 Å². The number of nitrogens with one attached hydrogen (secondary N) is 1. The molecule has 0 bridgehead atoms. The number of aromatic nitrogens is 2. The second-order valence-electron chi connectivity index (χ2n) is 5.15. The fourth-order valence-electron chi connectivity index (χ4n) is 2.50. The summed E-state index contributed by atoms with van der Waals surface area (Å²) in [6.07, 6.45) is 6.36. The normalized spacial score (nSPS) is 15.6. The highest BCUT2D eigenvalue weighted by molar-refractivity contribution is 5.93. The number of hydrogen-bond acceptors (Lipinski definition) is 6. The molecule has 1 fully saturated rings. The quantitative estimate of drug-likeness (QED) is 0.927. The van der Waals surface area contributed by atoms with Gasteiger partial charge in [0.05, 0.1) is 18.9 Å². The maximum atomic E-state index is 12.2. The second-order valence-corrected chi connectivity index (χ2v) is 5.15. The molecule has 1 aliphatic rings. The van der Waals surface area contributed by atoms with Gasteiger partial charge >= 0.3 is 0 Å². The van der Waals surface area contributed by atoms with Crippen molar-refractivity contribution in [2.45, 2.75) is 18.9 Å². The van der Waals surface area contributed by atoms with Crippen LogP contribution in [-0.2, 0) is 0 Å². The van der Waals surface area contributed by atoms with Crippen LogP contribution < -0.4 is 10.1 Å². The summed E-state index contributed by atoms with van der Waals surface area (Å²) in [6.45, 7) is 1.40. The lowest BCUT2D eigenvalue weighted by molar-refractivity contribution is 0.0717. The van der Waals surface area contributed by atoms with Crippen molar-refractivity contribution in [2.24, 2.45) is 0 Å². The number of amides is 1. The minimum atomic E-state index is 0.0184. The third-order valence-electron chi connectivity index (χ3n) is 3.72. The molecule has 1 amide bonds. The molecule has 0 aromatic carbocycles. The van der Waals surface area contributed by atoms with Gasteiger partial charge in [0, 0.05) is 31.4 Å². The number of rotatable bonds is 4. The fraction of sp³-hybridized carbons (Fsp3) is 0.400. The molecule has 22 heavy (non-hydrogen) atoms. The smallest absolute Gasteiger partial charge is 0.257 e. The molecule has 3 heterocycles. The second kappa shape index (κ2) is 6.46. The van der Waals surface area contributed by atoms with Crippen LogP contribution in [-0.4, -0.2) is 47.0 Å². The molecule has 116 valence electrons. The van der Waals surface area contributed by atoms with Gasteiger partial charge in [0.1, 0.15) is 6.26 Å². The van der Waals surface area contributed by atoms with Gasteiger partial charge in [-0.05, 0) is 18.9 Å². The third-order valence-corrected chi connectivity index (χ3v) is 3.72. The van der Waals surface area contributed by atoms with Crippen LogP contribution in [0.3, 0.4) is 0 Å². The van der Waals surface area contributed by atoms with E-state index in [1.54, 1.807) is 25.4 Å². The van der Waals surface area contributed by atoms with Crippen LogP contribution in [0.25, 0.3) is 0 Å². The fourth-order valence-corrected chi connectivity index (χ4v) is 2.50. The molecule has 0 radical (unpaired) electrons. The van der Waals surface area contributed by atoms with Gasteiger partial charge < -0.3 is 19.4 Å². The van der Waals surface area contributed by atoms with Crippen LogP contribution in [0.1, 0.15) is 23.2 Å². The maximum Gasteiger partial charge on any atom is 0.257 e. The summed E-state index contributed by atoms with van der Waals surface area (Å²) in [4.78, 5) is 22.5. The Bertz CT molecular complexity index is 621. The molecule has 3 rings (SSSR count). The van der Waals surface area contributed by atoms with Gasteiger partial charge in [-0.25, -0.2) is 4.98 Å². The molecule has 0 spiro atoms. The Balaban J connectivity index is 1.54. The first-order valence-corrected chi connectivity index (χ1v) is 7.21. The molecule has 1 N–H and O–H groups in total. The summed E-state index contributed by atoms with van der Waals surface area (Å²) in [6, 6.07) is 3.65. The highest BCUT2D eigenvalue weighted by Gasteiger charge is 2.24. The Morgan fingerprint density at radius 3 is 2.91 bits per heavy atom. The molecule has 1 aliphatic heterocycles. The summed E-state index contributed by atoms with van der Waals surface area (Å²) in [5.41, 5.74) is 0.600. The van der Waals surface area contributed by atoms with Crippen LogP contribution in [0.2, 0.25) is 0 Å². The minimum Gasteiger partial charge on any atom is -0.481 e. The molecular weight excluding hydrogens is 284 g/mol. The summed E-state index contributed by atoms with van der Waals surface area (Å²) in [7, 11) is 1.58. The van der Waals surface area contributed by atoms with Gasteiger partial charge in [-0.3, -0.25) is 4.79 Å². The van der Waals surface area contributed by atoms with Crippen molar-refractivity contribution in [1.82, 2.24) is 14.9 Å². The van der Waals surface area contributed by atoms with Gasteiger partial charge in [0.25, 0.3) is 5.91 Å². The van der Waals surface area contributed by atoms with E-state index in [1.807, 2.05) is 4.90 Å². The average Bonchev–Trinajstić information content (AvgIpc) is 3.09. The van der Waals surface area contributed by atoms with E-state index in [2.05, 4.69) is 15.3 Å². The predicted molar refractivity (Wildman–Crippen MR) is 79.8 cm³/mol. The van der Waals surface area contributed by atoms with Crippen molar-refractivity contribution in [1.29, 1.82) is 0 Å². The third kappa shape index (κ3) is 3.19. The standard InChI is InChI=1S/C15H18N4O3/c1-21-13-2-6-16-15(18-13)17-12-3-7-19(8-4-12)14(20)11-5-9-22-10-11/h2,5-6,9-10,12H,3-4,7-8H2,1H3,(H,16,17,18). The maximum absolute atomic E-state index is 12.2. The SMILES string of the molecule is COc1ccnc(NC2CCN(C(=O)c3ccoc3)CC2)n1. The Morgan fingerprint density at radius 1 is 1.41 bits per heavy atom. The number of carbonyl (C=O) groups is 1. The number of likely N-dealkylation sites (tertiary alicyclic amines) is 1. The summed E-state index contributed by atoms with van der Waals surface area (Å²) in [5.74, 6) is 1.11. The van der Waals surface area contributed by atoms with E-state index in [9.17, 15) is 4.79 Å². The number of ether oxygens (including phenoxy) is 1. The molecule has 7 nitrogen and oxygen atoms in total. The molecule has 0 aliphatic carbocycles. The molecule has 0 unspecified atom stereocenters. The van der Waals surface area contributed by atoms with Crippen molar-refractivity contribution >= 4 is 11.9 Å². The Kier molecular flexibility index (Phi) is 4.22. The first-order chi connectivity index (χ1) is 10.8. The largest absolute Gasteiger partial charge is 0.481 e. The lowest BCUT2D eigenvalue weighted by Gasteiger charge is -2.32. The number of anilines is 1. The van der Waals surface area contributed by atoms with E-state index in [0.717, 1.165) is 12.8 Å². The van der Waals surface area contributed by atoms with E-state index in [-0.39, 0.29) is 11.9 Å². The Hall–Kier alpha value is -2.57. The van der Waals surface area contributed by atoms with Crippen molar-refractivity contribution in [3.63, 3.8) is 0 Å². The van der Waals surface area contributed by atoms with Crippen LogP contribution in [0.5, 0.6) is 5.88 Å². The molecule has 2 aromatic rings. The van der Waals surface area contributed by atoms with Crippen LogP contribution in [0.15, 0.2) is 35.3 Å². The first kappa shape index (κ1) is 14.4. The minimum absolute atomic E-state index is 0.0184. The van der Waals surface area contributed by atoms with Gasteiger partial charge in [-0.15, -0.1) is 0 Å². The molecular formula is C15H18N4O3. The predicted octanol–water partition coefficient (Wildman–Crippen LogP) is 1.79. The topological polar surface area (TPSA) is 80.5 Å². The molecule has 1 saturated heterocycles. The van der Waals surface area contributed by atoms with Crippen LogP contribution in [0, 0.1) is 0 Å². The van der Waals surface area contributed by atoms with Crippen molar-refractivity contribution in [2.75, 3.05) is 25.5 Å². The number of furan rings is 1. The van der Waals surface area contributed by atoms with Crippen LogP contribution >= 0.6 is 0 Å². The summed E-state index contributed by atoms with van der Waals surface area (Å²) >= 11 is 0. The molecule has 0 saturated carbocycles. The lowest BCUT2D eigenvalue weighted by Crippen LogP contribution is -2.42. The zero-order valence-electron chi connectivity index (χ0n) is 12.4. The van der Waals surface area contributed by atoms with Crippen molar-refractivity contribution in [3.8, 4) is 5.88 Å². The van der Waals surface area contributed by atoms with Gasteiger partial charge in [-0.1, -0.05) is 0 Å². The molecule has 2 aromatic heterocycles. The zero-order valence-corrected chi connectivity index (χ0v) is 12.4. The average molecular weight is 302 g/mol. The number of hydrogen-bond donors (Lipinski definition) is 1. The summed E-state index contributed by atoms with van der Waals surface area (Å²) in [5, 5.41) is 3.29. The van der Waals surface area contributed by atoms with E-state index in [1.165, 1.54) is 12.5 Å². The Labute approximate surface area is 128 Å². The number of nitrogens with zero attached hydrogens (tertiary/aromatic N) is 3. The van der Waals surface area contributed by atoms with Crippen LogP contribution in [0.4, 0.5) is 5.95 Å². The summed E-state index contributed by atoms with van der Waals surface area (Å²) < 4.78 is 10.0. The van der Waals surface area contributed by atoms with Crippen molar-refractivity contribution < 1.29 is 13.9 Å². The van der Waals surface area contributed by atoms with Gasteiger partial charge in [0.15, 0.2) is 0 Å².